The van der Waals surface area contributed by atoms with Gasteiger partial charge >= 0.3 is 0 Å². The number of hydrogen-bond donors (Lipinski definition) is 2. The van der Waals surface area contributed by atoms with Gasteiger partial charge in [-0.3, -0.25) is 0 Å². The fourth-order valence-corrected chi connectivity index (χ4v) is 2.55. The molecule has 0 aromatic rings. The van der Waals surface area contributed by atoms with Crippen molar-refractivity contribution >= 4 is 0 Å². The molecule has 0 aromatic carbocycles. The average Bonchev–Trinajstić information content (AvgIpc) is 2.17. The molecule has 1 fully saturated rings. The first-order chi connectivity index (χ1) is 7.04. The van der Waals surface area contributed by atoms with Crippen LogP contribution in [0.3, 0.4) is 0 Å². The molecule has 1 aliphatic rings. The summed E-state index contributed by atoms with van der Waals surface area (Å²) in [6, 6.07) is 0.745. The Morgan fingerprint density at radius 2 is 2.00 bits per heavy atom. The van der Waals surface area contributed by atoms with Crippen LogP contribution in [-0.2, 0) is 0 Å². The molecule has 2 unspecified atom stereocenters. The van der Waals surface area contributed by atoms with Crippen molar-refractivity contribution in [2.75, 3.05) is 13.1 Å². The lowest BCUT2D eigenvalue weighted by atomic mass is 9.73. The Hall–Kier alpha value is -0.0800. The predicted molar refractivity (Wildman–Crippen MR) is 66.9 cm³/mol. The van der Waals surface area contributed by atoms with Crippen LogP contribution in [0, 0.1) is 11.3 Å². The van der Waals surface area contributed by atoms with Gasteiger partial charge in [-0.25, -0.2) is 0 Å². The Morgan fingerprint density at radius 3 is 2.60 bits per heavy atom. The number of nitrogens with one attached hydrogen (secondary N) is 1. The van der Waals surface area contributed by atoms with Gasteiger partial charge in [-0.1, -0.05) is 27.2 Å². The van der Waals surface area contributed by atoms with Crippen LogP contribution in [0.2, 0.25) is 0 Å². The molecule has 0 aliphatic carbocycles. The summed E-state index contributed by atoms with van der Waals surface area (Å²) in [7, 11) is 0. The van der Waals surface area contributed by atoms with Crippen molar-refractivity contribution in [3.05, 3.63) is 0 Å². The summed E-state index contributed by atoms with van der Waals surface area (Å²) < 4.78 is 0. The molecule has 0 spiro atoms. The highest BCUT2D eigenvalue weighted by atomic mass is 14.9. The van der Waals surface area contributed by atoms with E-state index >= 15 is 0 Å². The van der Waals surface area contributed by atoms with Crippen molar-refractivity contribution in [3.8, 4) is 0 Å². The van der Waals surface area contributed by atoms with E-state index in [9.17, 15) is 0 Å². The van der Waals surface area contributed by atoms with Gasteiger partial charge in [0.15, 0.2) is 0 Å². The van der Waals surface area contributed by atoms with E-state index in [0.717, 1.165) is 18.5 Å². The highest BCUT2D eigenvalue weighted by Gasteiger charge is 2.29. The Balaban J connectivity index is 2.29. The summed E-state index contributed by atoms with van der Waals surface area (Å²) in [5.74, 6) is 0.890. The van der Waals surface area contributed by atoms with Crippen LogP contribution in [0.15, 0.2) is 0 Å². The first kappa shape index (κ1) is 13.0. The number of hydrogen-bond acceptors (Lipinski definition) is 2. The van der Waals surface area contributed by atoms with E-state index in [4.69, 9.17) is 5.73 Å². The van der Waals surface area contributed by atoms with E-state index in [-0.39, 0.29) is 0 Å². The normalized spacial score (nSPS) is 28.0. The Morgan fingerprint density at radius 1 is 1.27 bits per heavy atom. The zero-order chi connectivity index (χ0) is 11.3. The SMILES string of the molecule is CC(C)(C)C1CCNC(CCCCN)C1. The highest BCUT2D eigenvalue weighted by Crippen LogP contribution is 2.34. The fraction of sp³-hybridized carbons (Fsp3) is 1.00. The maximum Gasteiger partial charge on any atom is 0.00699 e. The minimum absolute atomic E-state index is 0.480. The van der Waals surface area contributed by atoms with Crippen LogP contribution in [-0.4, -0.2) is 19.1 Å². The standard InChI is InChI=1S/C13H28N2/c1-13(2,3)11-7-9-15-12(10-11)6-4-5-8-14/h11-12,15H,4-10,14H2,1-3H3. The third kappa shape index (κ3) is 4.52. The van der Waals surface area contributed by atoms with Gasteiger partial charge in [0.1, 0.15) is 0 Å². The minimum Gasteiger partial charge on any atom is -0.330 e. The Labute approximate surface area is 95.0 Å². The zero-order valence-electron chi connectivity index (χ0n) is 10.7. The molecular weight excluding hydrogens is 184 g/mol. The molecule has 1 rings (SSSR count). The van der Waals surface area contributed by atoms with Gasteiger partial charge < -0.3 is 11.1 Å². The van der Waals surface area contributed by atoms with E-state index < -0.39 is 0 Å². The molecule has 0 saturated carbocycles. The molecule has 3 N–H and O–H groups in total. The Kier molecular flexibility index (Phi) is 5.07. The van der Waals surface area contributed by atoms with Crippen molar-refractivity contribution < 1.29 is 0 Å². The summed E-state index contributed by atoms with van der Waals surface area (Å²) >= 11 is 0. The minimum atomic E-state index is 0.480. The molecule has 15 heavy (non-hydrogen) atoms. The lowest BCUT2D eigenvalue weighted by molar-refractivity contribution is 0.156. The van der Waals surface area contributed by atoms with E-state index in [1.54, 1.807) is 0 Å². The molecule has 0 radical (unpaired) electrons. The second-order valence-corrected chi connectivity index (χ2v) is 6.02. The molecule has 90 valence electrons. The number of nitrogens with two attached hydrogens (primary N) is 1. The van der Waals surface area contributed by atoms with Crippen LogP contribution >= 0.6 is 0 Å². The van der Waals surface area contributed by atoms with Gasteiger partial charge in [-0.15, -0.1) is 0 Å². The van der Waals surface area contributed by atoms with E-state index in [1.807, 2.05) is 0 Å². The maximum atomic E-state index is 5.52. The van der Waals surface area contributed by atoms with Crippen LogP contribution in [0.4, 0.5) is 0 Å². The van der Waals surface area contributed by atoms with Crippen LogP contribution in [0.25, 0.3) is 0 Å². The molecule has 0 aromatic heterocycles. The van der Waals surface area contributed by atoms with Gasteiger partial charge in [-0.05, 0) is 50.1 Å². The summed E-state index contributed by atoms with van der Waals surface area (Å²) in [5, 5.41) is 3.64. The molecule has 0 amide bonds. The summed E-state index contributed by atoms with van der Waals surface area (Å²) in [4.78, 5) is 0. The highest BCUT2D eigenvalue weighted by molar-refractivity contribution is 4.84. The van der Waals surface area contributed by atoms with E-state index in [2.05, 4.69) is 26.1 Å². The van der Waals surface area contributed by atoms with E-state index in [0.29, 0.717) is 5.41 Å². The van der Waals surface area contributed by atoms with Gasteiger partial charge in [-0.2, -0.15) is 0 Å². The first-order valence-corrected chi connectivity index (χ1v) is 6.47. The second-order valence-electron chi connectivity index (χ2n) is 6.02. The van der Waals surface area contributed by atoms with Crippen LogP contribution < -0.4 is 11.1 Å². The number of unbranched alkanes of at least 4 members (excludes halogenated alkanes) is 1. The third-order valence-corrected chi connectivity index (χ3v) is 3.73. The zero-order valence-corrected chi connectivity index (χ0v) is 10.7. The smallest absolute Gasteiger partial charge is 0.00699 e. The molecular formula is C13H28N2. The summed E-state index contributed by atoms with van der Waals surface area (Å²) in [5.41, 5.74) is 6.00. The van der Waals surface area contributed by atoms with Crippen molar-refractivity contribution in [1.82, 2.24) is 5.32 Å². The number of rotatable bonds is 4. The van der Waals surface area contributed by atoms with Gasteiger partial charge in [0, 0.05) is 6.04 Å². The molecule has 2 atom stereocenters. The lowest BCUT2D eigenvalue weighted by Gasteiger charge is -2.38. The quantitative estimate of drug-likeness (QED) is 0.703. The molecule has 0 bridgehead atoms. The second kappa shape index (κ2) is 5.86. The monoisotopic (exact) mass is 212 g/mol. The topological polar surface area (TPSA) is 38.0 Å². The fourth-order valence-electron chi connectivity index (χ4n) is 2.55. The molecule has 2 nitrogen and oxygen atoms in total. The Bertz CT molecular complexity index is 172. The maximum absolute atomic E-state index is 5.52. The van der Waals surface area contributed by atoms with Gasteiger partial charge in [0.05, 0.1) is 0 Å². The van der Waals surface area contributed by atoms with Crippen molar-refractivity contribution in [1.29, 1.82) is 0 Å². The lowest BCUT2D eigenvalue weighted by Crippen LogP contribution is -2.41. The predicted octanol–water partition coefficient (Wildman–Crippen LogP) is 2.53. The summed E-state index contributed by atoms with van der Waals surface area (Å²) in [6.07, 6.45) is 6.47. The largest absolute Gasteiger partial charge is 0.330 e. The summed E-state index contributed by atoms with van der Waals surface area (Å²) in [6.45, 7) is 9.17. The molecule has 1 aliphatic heterocycles. The first-order valence-electron chi connectivity index (χ1n) is 6.47. The van der Waals surface area contributed by atoms with Crippen molar-refractivity contribution in [2.24, 2.45) is 17.1 Å². The third-order valence-electron chi connectivity index (χ3n) is 3.73. The number of piperidine rings is 1. The average molecular weight is 212 g/mol. The van der Waals surface area contributed by atoms with Crippen LogP contribution in [0.5, 0.6) is 0 Å². The van der Waals surface area contributed by atoms with Crippen molar-refractivity contribution in [3.63, 3.8) is 0 Å². The van der Waals surface area contributed by atoms with Gasteiger partial charge in [0.25, 0.3) is 0 Å². The molecule has 1 heterocycles. The molecule has 2 heteroatoms. The van der Waals surface area contributed by atoms with Crippen LogP contribution in [0.1, 0.15) is 52.9 Å². The molecule has 1 saturated heterocycles. The van der Waals surface area contributed by atoms with Crippen molar-refractivity contribution in [2.45, 2.75) is 58.9 Å². The van der Waals surface area contributed by atoms with Gasteiger partial charge in [0.2, 0.25) is 0 Å². The van der Waals surface area contributed by atoms with E-state index in [1.165, 1.54) is 38.6 Å².